The Kier molecular flexibility index (Phi) is 7.50. The fourth-order valence-electron chi connectivity index (χ4n) is 3.41. The number of hydrogen-bond acceptors (Lipinski definition) is 7. The number of ether oxygens (including phenoxy) is 3. The maximum atomic E-state index is 13.3. The minimum Gasteiger partial charge on any atom is -0.497 e. The summed E-state index contributed by atoms with van der Waals surface area (Å²) in [6, 6.07) is 9.27. The molecule has 0 saturated carbocycles. The topological polar surface area (TPSA) is 120 Å². The lowest BCUT2D eigenvalue weighted by Gasteiger charge is -2.29. The maximum absolute atomic E-state index is 13.3. The van der Waals surface area contributed by atoms with Gasteiger partial charge in [0.25, 0.3) is 0 Å². The fourth-order valence-corrected chi connectivity index (χ4v) is 5.18. The molecule has 0 bridgehead atoms. The molecular formula is C22H23ClN2O7S. The third-order valence-corrected chi connectivity index (χ3v) is 6.76. The number of amides is 2. The van der Waals surface area contributed by atoms with E-state index in [-0.39, 0.29) is 33.5 Å². The van der Waals surface area contributed by atoms with E-state index >= 15 is 0 Å². The summed E-state index contributed by atoms with van der Waals surface area (Å²) in [4.78, 5) is 25.2. The summed E-state index contributed by atoms with van der Waals surface area (Å²) < 4.78 is 42.2. The van der Waals surface area contributed by atoms with E-state index in [9.17, 15) is 18.0 Å². The van der Waals surface area contributed by atoms with Crippen molar-refractivity contribution in [2.45, 2.75) is 17.9 Å². The standard InChI is InChI=1S/C22H23ClN2O7S/c1-4-32-21(26)19-16(12-33(28,29)18-11-14(23)8-9-17(18)31-3)24-22(27)25-20(19)13-6-5-7-15(10-13)30-2/h5-11,20H,4,12H2,1-3H3,(H2,24,25,27)/t20-/m1/s1. The third-order valence-electron chi connectivity index (χ3n) is 4.87. The van der Waals surface area contributed by atoms with Crippen LogP contribution in [-0.4, -0.2) is 47.0 Å². The molecular weight excluding hydrogens is 472 g/mol. The second-order valence-corrected chi connectivity index (χ2v) is 9.37. The molecule has 33 heavy (non-hydrogen) atoms. The van der Waals surface area contributed by atoms with Gasteiger partial charge in [0.15, 0.2) is 9.84 Å². The van der Waals surface area contributed by atoms with Gasteiger partial charge in [0, 0.05) is 10.7 Å². The Balaban J connectivity index is 2.15. The van der Waals surface area contributed by atoms with E-state index in [1.807, 2.05) is 0 Å². The second kappa shape index (κ2) is 10.1. The van der Waals surface area contributed by atoms with Gasteiger partial charge in [-0.1, -0.05) is 23.7 Å². The summed E-state index contributed by atoms with van der Waals surface area (Å²) in [6.45, 7) is 1.68. The number of urea groups is 1. The van der Waals surface area contributed by atoms with Crippen molar-refractivity contribution in [2.24, 2.45) is 0 Å². The first-order valence-electron chi connectivity index (χ1n) is 9.88. The van der Waals surface area contributed by atoms with Crippen LogP contribution in [0.4, 0.5) is 4.79 Å². The van der Waals surface area contributed by atoms with Crippen LogP contribution in [0, 0.1) is 0 Å². The molecule has 0 unspecified atom stereocenters. The van der Waals surface area contributed by atoms with Gasteiger partial charge in [-0.3, -0.25) is 0 Å². The number of nitrogens with one attached hydrogen (secondary N) is 2. The second-order valence-electron chi connectivity index (χ2n) is 6.98. The van der Waals surface area contributed by atoms with E-state index in [1.165, 1.54) is 32.4 Å². The number of sulfone groups is 1. The zero-order valence-corrected chi connectivity index (χ0v) is 19.7. The largest absolute Gasteiger partial charge is 0.497 e. The Morgan fingerprint density at radius 3 is 2.55 bits per heavy atom. The highest BCUT2D eigenvalue weighted by Gasteiger charge is 2.36. The molecule has 2 amide bonds. The SMILES string of the molecule is CCOC(=O)C1=C(CS(=O)(=O)c2cc(Cl)ccc2OC)NC(=O)N[C@@H]1c1cccc(OC)c1. The highest BCUT2D eigenvalue weighted by Crippen LogP contribution is 2.33. The molecule has 0 saturated heterocycles. The average Bonchev–Trinajstić information content (AvgIpc) is 2.78. The Bertz CT molecular complexity index is 1210. The van der Waals surface area contributed by atoms with Gasteiger partial charge in [0.2, 0.25) is 0 Å². The molecule has 1 atom stereocenters. The van der Waals surface area contributed by atoms with E-state index in [1.54, 1.807) is 31.2 Å². The van der Waals surface area contributed by atoms with Gasteiger partial charge < -0.3 is 24.8 Å². The van der Waals surface area contributed by atoms with Crippen molar-refractivity contribution < 1.29 is 32.2 Å². The van der Waals surface area contributed by atoms with Crippen LogP contribution in [0.25, 0.3) is 0 Å². The first-order chi connectivity index (χ1) is 15.7. The van der Waals surface area contributed by atoms with Crippen molar-refractivity contribution in [3.63, 3.8) is 0 Å². The van der Waals surface area contributed by atoms with Crippen LogP contribution < -0.4 is 20.1 Å². The monoisotopic (exact) mass is 494 g/mol. The van der Waals surface area contributed by atoms with Crippen LogP contribution in [0.5, 0.6) is 11.5 Å². The van der Waals surface area contributed by atoms with Gasteiger partial charge >= 0.3 is 12.0 Å². The van der Waals surface area contributed by atoms with E-state index in [0.29, 0.717) is 11.3 Å². The van der Waals surface area contributed by atoms with Gasteiger partial charge in [-0.25, -0.2) is 18.0 Å². The molecule has 0 aromatic heterocycles. The first kappa shape index (κ1) is 24.4. The molecule has 11 heteroatoms. The number of benzene rings is 2. The van der Waals surface area contributed by atoms with Crippen molar-refractivity contribution in [2.75, 3.05) is 26.6 Å². The quantitative estimate of drug-likeness (QED) is 0.541. The minimum atomic E-state index is -4.09. The lowest BCUT2D eigenvalue weighted by Crippen LogP contribution is -2.47. The molecule has 9 nitrogen and oxygen atoms in total. The Morgan fingerprint density at radius 1 is 1.12 bits per heavy atom. The molecule has 2 N–H and O–H groups in total. The molecule has 0 radical (unpaired) electrons. The van der Waals surface area contributed by atoms with E-state index in [0.717, 1.165) is 0 Å². The van der Waals surface area contributed by atoms with Crippen LogP contribution in [0.2, 0.25) is 5.02 Å². The first-order valence-corrected chi connectivity index (χ1v) is 11.9. The van der Waals surface area contributed by atoms with Crippen molar-refractivity contribution in [3.8, 4) is 11.5 Å². The maximum Gasteiger partial charge on any atom is 0.338 e. The minimum absolute atomic E-state index is 0.0331. The molecule has 0 aliphatic carbocycles. The van der Waals surface area contributed by atoms with Crippen molar-refractivity contribution in [1.82, 2.24) is 10.6 Å². The summed E-state index contributed by atoms with van der Waals surface area (Å²) in [7, 11) is -1.28. The summed E-state index contributed by atoms with van der Waals surface area (Å²) in [5.74, 6) is -0.865. The molecule has 0 fully saturated rings. The molecule has 1 aliphatic rings. The van der Waals surface area contributed by atoms with Crippen LogP contribution in [0.15, 0.2) is 58.6 Å². The summed E-state index contributed by atoms with van der Waals surface area (Å²) in [5, 5.41) is 5.30. The van der Waals surface area contributed by atoms with Crippen molar-refractivity contribution in [3.05, 3.63) is 64.3 Å². The van der Waals surface area contributed by atoms with Gasteiger partial charge in [-0.15, -0.1) is 0 Å². The summed E-state index contributed by atoms with van der Waals surface area (Å²) in [6.07, 6.45) is 0. The van der Waals surface area contributed by atoms with Crippen LogP contribution in [0.1, 0.15) is 18.5 Å². The lowest BCUT2D eigenvalue weighted by atomic mass is 9.95. The number of carbonyl (C=O) groups excluding carboxylic acids is 2. The van der Waals surface area contributed by atoms with Crippen LogP contribution in [-0.2, 0) is 19.4 Å². The van der Waals surface area contributed by atoms with E-state index in [4.69, 9.17) is 25.8 Å². The molecule has 176 valence electrons. The van der Waals surface area contributed by atoms with Crippen LogP contribution >= 0.6 is 11.6 Å². The van der Waals surface area contributed by atoms with E-state index in [2.05, 4.69) is 10.6 Å². The zero-order valence-electron chi connectivity index (χ0n) is 18.2. The molecule has 2 aromatic carbocycles. The van der Waals surface area contributed by atoms with Gasteiger partial charge in [0.05, 0.1) is 38.2 Å². The van der Waals surface area contributed by atoms with Gasteiger partial charge in [-0.05, 0) is 42.8 Å². The normalized spacial score (nSPS) is 16.0. The number of carbonyl (C=O) groups is 2. The molecule has 2 aromatic rings. The Hall–Kier alpha value is -3.24. The highest BCUT2D eigenvalue weighted by molar-refractivity contribution is 7.91. The summed E-state index contributed by atoms with van der Waals surface area (Å²) in [5.41, 5.74) is 0.379. The molecule has 1 aliphatic heterocycles. The molecule has 0 spiro atoms. The van der Waals surface area contributed by atoms with Crippen molar-refractivity contribution >= 4 is 33.4 Å². The predicted molar refractivity (Wildman–Crippen MR) is 121 cm³/mol. The van der Waals surface area contributed by atoms with Gasteiger partial charge in [0.1, 0.15) is 16.4 Å². The number of halogens is 1. The zero-order chi connectivity index (χ0) is 24.2. The van der Waals surface area contributed by atoms with Crippen LogP contribution in [0.3, 0.4) is 0 Å². The van der Waals surface area contributed by atoms with E-state index < -0.39 is 33.6 Å². The number of esters is 1. The van der Waals surface area contributed by atoms with Gasteiger partial charge in [-0.2, -0.15) is 0 Å². The summed E-state index contributed by atoms with van der Waals surface area (Å²) >= 11 is 6.00. The average molecular weight is 495 g/mol. The smallest absolute Gasteiger partial charge is 0.338 e. The Morgan fingerprint density at radius 2 is 1.88 bits per heavy atom. The highest BCUT2D eigenvalue weighted by atomic mass is 35.5. The molecule has 3 rings (SSSR count). The number of methoxy groups -OCH3 is 2. The fraction of sp³-hybridized carbons (Fsp3) is 0.273. The number of hydrogen-bond donors (Lipinski definition) is 2. The van der Waals surface area contributed by atoms with Crippen molar-refractivity contribution in [1.29, 1.82) is 0 Å². The lowest BCUT2D eigenvalue weighted by molar-refractivity contribution is -0.139. The third kappa shape index (κ3) is 5.40. The predicted octanol–water partition coefficient (Wildman–Crippen LogP) is 3.00. The number of rotatable bonds is 8. The Labute approximate surface area is 196 Å². The molecule has 1 heterocycles.